The fraction of sp³-hybridized carbons (Fsp3) is 0.300. The first-order chi connectivity index (χ1) is 12.5. The molecule has 2 aromatic rings. The van der Waals surface area contributed by atoms with E-state index >= 15 is 0 Å². The number of anilines is 2. The van der Waals surface area contributed by atoms with Crippen molar-refractivity contribution in [2.24, 2.45) is 0 Å². The van der Waals surface area contributed by atoms with Gasteiger partial charge in [0.1, 0.15) is 0 Å². The van der Waals surface area contributed by atoms with Gasteiger partial charge in [-0.1, -0.05) is 24.3 Å². The summed E-state index contributed by atoms with van der Waals surface area (Å²) in [7, 11) is 3.99. The summed E-state index contributed by atoms with van der Waals surface area (Å²) in [6, 6.07) is 15.9. The van der Waals surface area contributed by atoms with Crippen LogP contribution < -0.4 is 15.1 Å². The van der Waals surface area contributed by atoms with Crippen LogP contribution >= 0.6 is 11.8 Å². The fourth-order valence-corrected chi connectivity index (χ4v) is 3.75. The number of amides is 2. The maximum Gasteiger partial charge on any atom is 0.237 e. The van der Waals surface area contributed by atoms with Crippen LogP contribution in [0.1, 0.15) is 12.0 Å². The van der Waals surface area contributed by atoms with Gasteiger partial charge in [0.05, 0.1) is 11.4 Å². The Balaban J connectivity index is 1.52. The van der Waals surface area contributed by atoms with E-state index in [0.29, 0.717) is 25.3 Å². The predicted octanol–water partition coefficient (Wildman–Crippen LogP) is 2.90. The highest BCUT2D eigenvalue weighted by Crippen LogP contribution is 2.34. The number of para-hydroxylation sites is 1. The smallest absolute Gasteiger partial charge is 0.237 e. The number of rotatable bonds is 6. The average molecular weight is 369 g/mol. The predicted molar refractivity (Wildman–Crippen MR) is 107 cm³/mol. The van der Waals surface area contributed by atoms with Gasteiger partial charge in [-0.05, 0) is 29.8 Å². The first-order valence-electron chi connectivity index (χ1n) is 8.60. The maximum atomic E-state index is 12.2. The van der Waals surface area contributed by atoms with Crippen LogP contribution in [0.5, 0.6) is 0 Å². The Hall–Kier alpha value is -2.47. The number of thioether (sulfide) groups is 1. The molecule has 3 rings (SSSR count). The van der Waals surface area contributed by atoms with E-state index in [0.717, 1.165) is 21.8 Å². The molecule has 5 nitrogen and oxygen atoms in total. The maximum absolute atomic E-state index is 12.2. The Morgan fingerprint density at radius 2 is 1.88 bits per heavy atom. The molecule has 0 radical (unpaired) electrons. The molecule has 0 unspecified atom stereocenters. The van der Waals surface area contributed by atoms with Crippen LogP contribution in [0, 0.1) is 0 Å². The third-order valence-electron chi connectivity index (χ3n) is 4.31. The molecular formula is C20H23N3O2S. The summed E-state index contributed by atoms with van der Waals surface area (Å²) in [4.78, 5) is 29.2. The van der Waals surface area contributed by atoms with Gasteiger partial charge < -0.3 is 15.1 Å². The van der Waals surface area contributed by atoms with Crippen LogP contribution in [0.25, 0.3) is 0 Å². The Morgan fingerprint density at radius 1 is 1.15 bits per heavy atom. The number of carbonyl (C=O) groups excluding carboxylic acids is 2. The molecule has 6 heteroatoms. The van der Waals surface area contributed by atoms with E-state index < -0.39 is 0 Å². The van der Waals surface area contributed by atoms with Gasteiger partial charge in [0.15, 0.2) is 0 Å². The van der Waals surface area contributed by atoms with Crippen LogP contribution in [0.2, 0.25) is 0 Å². The van der Waals surface area contributed by atoms with Crippen molar-refractivity contribution < 1.29 is 9.59 Å². The monoisotopic (exact) mass is 369 g/mol. The molecule has 2 aromatic carbocycles. The van der Waals surface area contributed by atoms with Gasteiger partial charge in [-0.15, -0.1) is 11.8 Å². The quantitative estimate of drug-likeness (QED) is 0.851. The molecule has 1 aliphatic heterocycles. The zero-order chi connectivity index (χ0) is 18.5. The fourth-order valence-electron chi connectivity index (χ4n) is 2.81. The Labute approximate surface area is 158 Å². The summed E-state index contributed by atoms with van der Waals surface area (Å²) in [5.41, 5.74) is 3.08. The minimum absolute atomic E-state index is 0.0507. The van der Waals surface area contributed by atoms with Crippen molar-refractivity contribution in [3.63, 3.8) is 0 Å². The molecule has 1 heterocycles. The zero-order valence-corrected chi connectivity index (χ0v) is 15.9. The van der Waals surface area contributed by atoms with E-state index in [-0.39, 0.29) is 11.8 Å². The first-order valence-corrected chi connectivity index (χ1v) is 9.58. The molecule has 26 heavy (non-hydrogen) atoms. The van der Waals surface area contributed by atoms with E-state index in [1.54, 1.807) is 16.7 Å². The molecule has 0 fully saturated rings. The number of hydrogen-bond acceptors (Lipinski definition) is 4. The summed E-state index contributed by atoms with van der Waals surface area (Å²) < 4.78 is 0. The van der Waals surface area contributed by atoms with E-state index in [4.69, 9.17) is 0 Å². The topological polar surface area (TPSA) is 52.7 Å². The molecule has 0 saturated heterocycles. The molecule has 0 spiro atoms. The highest BCUT2D eigenvalue weighted by molar-refractivity contribution is 8.00. The van der Waals surface area contributed by atoms with Crippen LogP contribution in [-0.4, -0.2) is 38.2 Å². The Morgan fingerprint density at radius 3 is 2.62 bits per heavy atom. The van der Waals surface area contributed by atoms with E-state index in [1.165, 1.54) is 0 Å². The van der Waals surface area contributed by atoms with Gasteiger partial charge in [0, 0.05) is 44.2 Å². The van der Waals surface area contributed by atoms with Crippen molar-refractivity contribution in [1.82, 2.24) is 5.32 Å². The molecule has 0 atom stereocenters. The third kappa shape index (κ3) is 4.38. The van der Waals surface area contributed by atoms with Crippen molar-refractivity contribution in [3.8, 4) is 0 Å². The van der Waals surface area contributed by atoms with Crippen molar-refractivity contribution in [1.29, 1.82) is 0 Å². The second-order valence-electron chi connectivity index (χ2n) is 6.39. The minimum Gasteiger partial charge on any atom is -0.378 e. The second kappa shape index (κ2) is 8.27. The number of fused-ring (bicyclic) bond motifs is 1. The third-order valence-corrected chi connectivity index (χ3v) is 5.36. The second-order valence-corrected chi connectivity index (χ2v) is 7.41. The number of nitrogens with zero attached hydrogens (tertiary/aromatic N) is 2. The lowest BCUT2D eigenvalue weighted by atomic mass is 10.2. The molecular weight excluding hydrogens is 346 g/mol. The van der Waals surface area contributed by atoms with Gasteiger partial charge in [-0.2, -0.15) is 0 Å². The summed E-state index contributed by atoms with van der Waals surface area (Å²) >= 11 is 1.55. The van der Waals surface area contributed by atoms with Crippen LogP contribution in [-0.2, 0) is 16.1 Å². The average Bonchev–Trinajstić information content (AvgIpc) is 2.66. The van der Waals surface area contributed by atoms with Crippen LogP contribution in [0.15, 0.2) is 53.4 Å². The summed E-state index contributed by atoms with van der Waals surface area (Å²) in [6.45, 7) is 0.898. The molecule has 0 aliphatic carbocycles. The lowest BCUT2D eigenvalue weighted by Gasteiger charge is -2.28. The van der Waals surface area contributed by atoms with Crippen molar-refractivity contribution in [2.75, 3.05) is 36.2 Å². The molecule has 0 saturated carbocycles. The Bertz CT molecular complexity index is 790. The lowest BCUT2D eigenvalue weighted by Crippen LogP contribution is -2.38. The summed E-state index contributed by atoms with van der Waals surface area (Å²) in [5.74, 6) is 0.433. The van der Waals surface area contributed by atoms with E-state index in [9.17, 15) is 9.59 Å². The van der Waals surface area contributed by atoms with Gasteiger partial charge in [0.25, 0.3) is 0 Å². The number of hydrogen-bond donors (Lipinski definition) is 1. The molecule has 1 aliphatic rings. The van der Waals surface area contributed by atoms with Gasteiger partial charge in [0.2, 0.25) is 11.8 Å². The van der Waals surface area contributed by atoms with Crippen molar-refractivity contribution in [2.45, 2.75) is 17.9 Å². The molecule has 136 valence electrons. The minimum atomic E-state index is -0.0507. The van der Waals surface area contributed by atoms with Crippen LogP contribution in [0.3, 0.4) is 0 Å². The summed E-state index contributed by atoms with van der Waals surface area (Å²) in [5, 5.41) is 2.93. The zero-order valence-electron chi connectivity index (χ0n) is 15.1. The molecule has 0 bridgehead atoms. The van der Waals surface area contributed by atoms with Gasteiger partial charge >= 0.3 is 0 Å². The van der Waals surface area contributed by atoms with Crippen molar-refractivity contribution in [3.05, 3.63) is 54.1 Å². The normalized spacial score (nSPS) is 13.3. The number of carbonyl (C=O) groups is 2. The summed E-state index contributed by atoms with van der Waals surface area (Å²) in [6.07, 6.45) is 0.292. The molecule has 0 aromatic heterocycles. The highest BCUT2D eigenvalue weighted by atomic mass is 32.2. The molecule has 2 amide bonds. The van der Waals surface area contributed by atoms with E-state index in [1.807, 2.05) is 67.5 Å². The lowest BCUT2D eigenvalue weighted by molar-refractivity contribution is -0.121. The van der Waals surface area contributed by atoms with E-state index in [2.05, 4.69) is 5.32 Å². The highest BCUT2D eigenvalue weighted by Gasteiger charge is 2.24. The standard InChI is InChI=1S/C20H23N3O2S/c1-22(2)16-9-7-15(8-10-16)13-21-19(24)11-12-23-17-5-3-4-6-18(17)26-14-20(23)25/h3-10H,11-14H2,1-2H3,(H,21,24). The van der Waals surface area contributed by atoms with Gasteiger partial charge in [-0.3, -0.25) is 9.59 Å². The SMILES string of the molecule is CN(C)c1ccc(CNC(=O)CCN2C(=O)CSc3ccccc32)cc1. The number of nitrogens with one attached hydrogen (secondary N) is 1. The van der Waals surface area contributed by atoms with Crippen LogP contribution in [0.4, 0.5) is 11.4 Å². The van der Waals surface area contributed by atoms with Gasteiger partial charge in [-0.25, -0.2) is 0 Å². The van der Waals surface area contributed by atoms with Crippen molar-refractivity contribution >= 4 is 35.0 Å². The first kappa shape index (κ1) is 18.3. The largest absolute Gasteiger partial charge is 0.378 e. The Kier molecular flexibility index (Phi) is 5.83. The molecule has 1 N–H and O–H groups in total. The number of benzene rings is 2.